The van der Waals surface area contributed by atoms with Crippen molar-refractivity contribution < 1.29 is 43.3 Å². The predicted octanol–water partition coefficient (Wildman–Crippen LogP) is 7.64. The van der Waals surface area contributed by atoms with Crippen LogP contribution in [0.25, 0.3) is 0 Å². The lowest BCUT2D eigenvalue weighted by Crippen LogP contribution is -2.52. The molecule has 0 aromatic carbocycles. The highest BCUT2D eigenvalue weighted by molar-refractivity contribution is 7.47. The molecule has 1 unspecified atom stereocenters. The van der Waals surface area contributed by atoms with Gasteiger partial charge in [-0.1, -0.05) is 122 Å². The Labute approximate surface area is 257 Å². The van der Waals surface area contributed by atoms with Crippen LogP contribution in [0.4, 0.5) is 0 Å². The monoisotopic (exact) mass is 621 g/mol. The van der Waals surface area contributed by atoms with Crippen LogP contribution >= 0.6 is 7.82 Å². The molecule has 0 amide bonds. The molecule has 0 aliphatic heterocycles. The van der Waals surface area contributed by atoms with Crippen molar-refractivity contribution in [2.24, 2.45) is 0 Å². The second-order valence-electron chi connectivity index (χ2n) is 11.3. The van der Waals surface area contributed by atoms with Crippen molar-refractivity contribution in [3.05, 3.63) is 6.92 Å². The van der Waals surface area contributed by atoms with E-state index in [1.807, 2.05) is 0 Å². The molecule has 250 valence electrons. The number of hydrogen-bond acceptors (Lipinski definition) is 7. The van der Waals surface area contributed by atoms with E-state index >= 15 is 0 Å². The Bertz CT molecular complexity index is 679. The molecule has 0 aliphatic carbocycles. The normalized spacial score (nSPS) is 13.5. The van der Waals surface area contributed by atoms with Gasteiger partial charge in [-0.3, -0.25) is 18.6 Å². The van der Waals surface area contributed by atoms with Crippen LogP contribution in [0.5, 0.6) is 0 Å². The number of phosphoric acid groups is 1. The highest BCUT2D eigenvalue weighted by Crippen LogP contribution is 2.43. The smallest absolute Gasteiger partial charge is 0.462 e. The van der Waals surface area contributed by atoms with Gasteiger partial charge in [0.2, 0.25) is 0 Å². The minimum Gasteiger partial charge on any atom is -0.462 e. The number of esters is 2. The second-order valence-corrected chi connectivity index (χ2v) is 12.8. The zero-order valence-electron chi connectivity index (χ0n) is 26.8. The summed E-state index contributed by atoms with van der Waals surface area (Å²) in [7, 11) is -4.31. The highest BCUT2D eigenvalue weighted by Gasteiger charge is 2.26. The Morgan fingerprint density at radius 2 is 1.14 bits per heavy atom. The van der Waals surface area contributed by atoms with Gasteiger partial charge < -0.3 is 27.0 Å². The molecule has 10 heteroatoms. The molecule has 2 atom stereocenters. The third-order valence-corrected chi connectivity index (χ3v) is 8.15. The number of carbonyl (C=O) groups excluding carboxylic acids is 2. The first-order valence-corrected chi connectivity index (χ1v) is 18.4. The molecule has 0 aliphatic rings. The minimum absolute atomic E-state index is 0.0405. The SMILES string of the molecule is [CH2-]CCCCCCCC(=O)OC[C@H](COP(=O)(O)OCC[NH3+])OC(=O)CCCCCCCCCCCCCCCCC. The van der Waals surface area contributed by atoms with E-state index in [-0.39, 0.29) is 26.1 Å². The minimum atomic E-state index is -4.31. The van der Waals surface area contributed by atoms with Gasteiger partial charge in [0.05, 0.1) is 13.2 Å². The third-order valence-electron chi connectivity index (χ3n) is 7.17. The van der Waals surface area contributed by atoms with Crippen LogP contribution in [0.3, 0.4) is 0 Å². The van der Waals surface area contributed by atoms with E-state index < -0.39 is 32.5 Å². The van der Waals surface area contributed by atoms with E-state index in [2.05, 4.69) is 19.6 Å². The molecule has 4 N–H and O–H groups in total. The number of unbranched alkanes of at least 4 members (excludes halogenated alkanes) is 19. The summed E-state index contributed by atoms with van der Waals surface area (Å²) in [5.41, 5.74) is 3.55. The number of quaternary nitrogens is 1. The van der Waals surface area contributed by atoms with Crippen LogP contribution in [0.2, 0.25) is 0 Å². The van der Waals surface area contributed by atoms with Crippen LogP contribution in [0.1, 0.15) is 155 Å². The quantitative estimate of drug-likeness (QED) is 0.0338. The van der Waals surface area contributed by atoms with E-state index in [0.717, 1.165) is 51.4 Å². The molecule has 0 spiro atoms. The van der Waals surface area contributed by atoms with Crippen LogP contribution in [-0.2, 0) is 32.7 Å². The maximum atomic E-state index is 12.4. The number of ether oxygens (including phenoxy) is 2. The first-order chi connectivity index (χ1) is 20.3. The summed E-state index contributed by atoms with van der Waals surface area (Å²) in [6.45, 7) is 5.70. The van der Waals surface area contributed by atoms with Crippen LogP contribution < -0.4 is 5.73 Å². The van der Waals surface area contributed by atoms with E-state index in [1.54, 1.807) is 0 Å². The van der Waals surface area contributed by atoms with Gasteiger partial charge in [0.15, 0.2) is 6.10 Å². The number of hydrogen-bond donors (Lipinski definition) is 2. The molecule has 0 rings (SSSR count). The average molecular weight is 622 g/mol. The molecule has 0 aromatic heterocycles. The van der Waals surface area contributed by atoms with Gasteiger partial charge >= 0.3 is 19.8 Å². The van der Waals surface area contributed by atoms with Gasteiger partial charge in [-0.2, -0.15) is 6.42 Å². The molecule has 0 saturated heterocycles. The average Bonchev–Trinajstić information content (AvgIpc) is 2.97. The first-order valence-electron chi connectivity index (χ1n) is 16.9. The lowest BCUT2D eigenvalue weighted by Gasteiger charge is -2.19. The Balaban J connectivity index is 4.17. The standard InChI is InChI=1S/C32H63NO8P/c1-3-5-7-9-11-12-13-14-15-16-17-18-19-21-23-25-32(35)41-30(29-40-42(36,37)39-27-26-33)28-38-31(34)24-22-20-10-8-6-4-2/h30H,2-29,33H2,1H3,(H,36,37)/q-1/p+1/t30-/m1/s1. The van der Waals surface area contributed by atoms with Crippen LogP contribution in [-0.4, -0.2) is 49.3 Å². The van der Waals surface area contributed by atoms with Crippen molar-refractivity contribution in [2.45, 2.75) is 161 Å². The van der Waals surface area contributed by atoms with Gasteiger partial charge in [0, 0.05) is 12.8 Å². The predicted molar refractivity (Wildman–Crippen MR) is 168 cm³/mol. The van der Waals surface area contributed by atoms with Crippen molar-refractivity contribution in [1.82, 2.24) is 0 Å². The Hall–Kier alpha value is -0.990. The van der Waals surface area contributed by atoms with Gasteiger partial charge in [-0.05, 0) is 12.8 Å². The maximum absolute atomic E-state index is 12.4. The summed E-state index contributed by atoms with van der Waals surface area (Å²) in [6, 6.07) is 0. The molecule has 0 saturated carbocycles. The zero-order chi connectivity index (χ0) is 31.2. The third kappa shape index (κ3) is 29.1. The van der Waals surface area contributed by atoms with E-state index in [4.69, 9.17) is 18.5 Å². The molecule has 0 aromatic rings. The first kappa shape index (κ1) is 41.0. The van der Waals surface area contributed by atoms with Crippen molar-refractivity contribution in [3.63, 3.8) is 0 Å². The largest absolute Gasteiger partial charge is 0.472 e. The van der Waals surface area contributed by atoms with E-state index in [9.17, 15) is 19.0 Å². The maximum Gasteiger partial charge on any atom is 0.472 e. The second kappa shape index (κ2) is 30.1. The summed E-state index contributed by atoms with van der Waals surface area (Å²) >= 11 is 0. The van der Waals surface area contributed by atoms with Gasteiger partial charge in [0.1, 0.15) is 13.2 Å². The Morgan fingerprint density at radius 1 is 0.690 bits per heavy atom. The van der Waals surface area contributed by atoms with Gasteiger partial charge in [-0.15, -0.1) is 0 Å². The fraction of sp³-hybridized carbons (Fsp3) is 0.906. The number of rotatable bonds is 32. The van der Waals surface area contributed by atoms with Crippen molar-refractivity contribution in [1.29, 1.82) is 0 Å². The summed E-state index contributed by atoms with van der Waals surface area (Å²) in [5, 5.41) is 0. The highest BCUT2D eigenvalue weighted by atomic mass is 31.2. The van der Waals surface area contributed by atoms with E-state index in [1.165, 1.54) is 77.0 Å². The molecule has 0 bridgehead atoms. The van der Waals surface area contributed by atoms with Gasteiger partial charge in [0.25, 0.3) is 0 Å². The van der Waals surface area contributed by atoms with Crippen molar-refractivity contribution in [3.8, 4) is 0 Å². The zero-order valence-corrected chi connectivity index (χ0v) is 27.7. The Morgan fingerprint density at radius 3 is 1.62 bits per heavy atom. The van der Waals surface area contributed by atoms with Crippen LogP contribution in [0, 0.1) is 6.92 Å². The fourth-order valence-electron chi connectivity index (χ4n) is 4.63. The topological polar surface area (TPSA) is 136 Å². The lowest BCUT2D eigenvalue weighted by molar-refractivity contribution is -0.371. The Kier molecular flexibility index (Phi) is 29.3. The summed E-state index contributed by atoms with van der Waals surface area (Å²) < 4.78 is 32.5. The molecule has 0 radical (unpaired) electrons. The molecular formula is C32H64NO8P. The molecule has 9 nitrogen and oxygen atoms in total. The van der Waals surface area contributed by atoms with Crippen molar-refractivity contribution >= 4 is 19.8 Å². The molecular weight excluding hydrogens is 557 g/mol. The van der Waals surface area contributed by atoms with Crippen molar-refractivity contribution in [2.75, 3.05) is 26.4 Å². The molecule has 0 fully saturated rings. The fourth-order valence-corrected chi connectivity index (χ4v) is 5.42. The summed E-state index contributed by atoms with van der Waals surface area (Å²) in [4.78, 5) is 34.4. The summed E-state index contributed by atoms with van der Waals surface area (Å²) in [5.74, 6) is -0.831. The van der Waals surface area contributed by atoms with E-state index in [0.29, 0.717) is 13.0 Å². The van der Waals surface area contributed by atoms with Gasteiger partial charge in [-0.25, -0.2) is 4.57 Å². The summed E-state index contributed by atoms with van der Waals surface area (Å²) in [6.07, 6.45) is 24.0. The molecule has 0 heterocycles. The van der Waals surface area contributed by atoms with Crippen LogP contribution in [0.15, 0.2) is 0 Å². The lowest BCUT2D eigenvalue weighted by atomic mass is 10.0. The number of carbonyl (C=O) groups is 2. The molecule has 42 heavy (non-hydrogen) atoms. The number of phosphoric ester groups is 1.